The summed E-state index contributed by atoms with van der Waals surface area (Å²) in [5.41, 5.74) is 7.07. The Balaban J connectivity index is 1.66. The van der Waals surface area contributed by atoms with Crippen molar-refractivity contribution in [2.24, 2.45) is 11.7 Å². The van der Waals surface area contributed by atoms with E-state index in [1.807, 2.05) is 37.3 Å². The Morgan fingerprint density at radius 3 is 2.86 bits per heavy atom. The van der Waals surface area contributed by atoms with Crippen LogP contribution in [0.2, 0.25) is 0 Å². The van der Waals surface area contributed by atoms with Gasteiger partial charge in [0.05, 0.1) is 13.2 Å². The number of nitrogens with one attached hydrogen (secondary N) is 1. The molecule has 118 valence electrons. The van der Waals surface area contributed by atoms with Crippen LogP contribution in [-0.4, -0.2) is 24.0 Å². The highest BCUT2D eigenvalue weighted by Crippen LogP contribution is 2.09. The lowest BCUT2D eigenvalue weighted by Crippen LogP contribution is -2.30. The maximum Gasteiger partial charge on any atom is 0.270 e. The third kappa shape index (κ3) is 5.22. The van der Waals surface area contributed by atoms with E-state index >= 15 is 0 Å². The van der Waals surface area contributed by atoms with Crippen LogP contribution < -0.4 is 11.1 Å². The van der Waals surface area contributed by atoms with Gasteiger partial charge in [0.1, 0.15) is 10.7 Å². The van der Waals surface area contributed by atoms with E-state index in [0.717, 1.165) is 10.6 Å². The molecule has 1 aromatic carbocycles. The van der Waals surface area contributed by atoms with Crippen LogP contribution in [0, 0.1) is 5.92 Å². The molecule has 2 aromatic rings. The molecule has 0 aliphatic carbocycles. The minimum absolute atomic E-state index is 0.161. The average molecular weight is 319 g/mol. The Morgan fingerprint density at radius 1 is 1.41 bits per heavy atom. The molecule has 2 rings (SSSR count). The first-order valence-corrected chi connectivity index (χ1v) is 8.11. The molecule has 22 heavy (non-hydrogen) atoms. The predicted octanol–water partition coefficient (Wildman–Crippen LogP) is 2.18. The Hall–Kier alpha value is -1.76. The van der Waals surface area contributed by atoms with Crippen molar-refractivity contribution in [3.05, 3.63) is 52.0 Å². The Labute approximate surface area is 134 Å². The summed E-state index contributed by atoms with van der Waals surface area (Å²) < 4.78 is 5.66. The van der Waals surface area contributed by atoms with Gasteiger partial charge >= 0.3 is 0 Å². The van der Waals surface area contributed by atoms with Crippen LogP contribution in [0.25, 0.3) is 0 Å². The van der Waals surface area contributed by atoms with Crippen LogP contribution in [0.5, 0.6) is 0 Å². The summed E-state index contributed by atoms with van der Waals surface area (Å²) in [7, 11) is 0. The van der Waals surface area contributed by atoms with Crippen molar-refractivity contribution >= 4 is 17.2 Å². The number of carbonyl (C=O) groups is 1. The summed E-state index contributed by atoms with van der Waals surface area (Å²) in [5.74, 6) is 0.0751. The largest absolute Gasteiger partial charge is 0.376 e. The second-order valence-corrected chi connectivity index (χ2v) is 6.09. The normalized spacial score (nSPS) is 12.1. The van der Waals surface area contributed by atoms with Crippen molar-refractivity contribution in [3.63, 3.8) is 0 Å². The SMILES string of the molecule is CC(CNC(=O)c1csc(CN)n1)COCc1ccccc1. The lowest BCUT2D eigenvalue weighted by atomic mass is 10.2. The summed E-state index contributed by atoms with van der Waals surface area (Å²) >= 11 is 1.40. The number of aromatic nitrogens is 1. The van der Waals surface area contributed by atoms with Gasteiger partial charge in [0.25, 0.3) is 5.91 Å². The number of nitrogens with two attached hydrogens (primary N) is 1. The number of hydrogen-bond acceptors (Lipinski definition) is 5. The van der Waals surface area contributed by atoms with Crippen molar-refractivity contribution in [2.75, 3.05) is 13.2 Å². The molecule has 1 atom stereocenters. The smallest absolute Gasteiger partial charge is 0.270 e. The maximum absolute atomic E-state index is 11.9. The Morgan fingerprint density at radius 2 is 2.18 bits per heavy atom. The van der Waals surface area contributed by atoms with E-state index in [-0.39, 0.29) is 11.8 Å². The maximum atomic E-state index is 11.9. The molecule has 0 bridgehead atoms. The Bertz CT molecular complexity index is 586. The fourth-order valence-electron chi connectivity index (χ4n) is 1.88. The molecule has 1 amide bonds. The van der Waals surface area contributed by atoms with Crippen LogP contribution in [0.3, 0.4) is 0 Å². The first-order valence-electron chi connectivity index (χ1n) is 7.23. The second-order valence-electron chi connectivity index (χ2n) is 5.15. The Kier molecular flexibility index (Phi) is 6.51. The highest BCUT2D eigenvalue weighted by atomic mass is 32.1. The van der Waals surface area contributed by atoms with Crippen molar-refractivity contribution in [2.45, 2.75) is 20.1 Å². The van der Waals surface area contributed by atoms with Crippen molar-refractivity contribution in [3.8, 4) is 0 Å². The van der Waals surface area contributed by atoms with Gasteiger partial charge in [-0.2, -0.15) is 0 Å². The van der Waals surface area contributed by atoms with Crippen molar-refractivity contribution in [1.29, 1.82) is 0 Å². The molecule has 6 heteroatoms. The molecular weight excluding hydrogens is 298 g/mol. The van der Waals surface area contributed by atoms with Gasteiger partial charge in [0.2, 0.25) is 0 Å². The highest BCUT2D eigenvalue weighted by molar-refractivity contribution is 7.09. The van der Waals surface area contributed by atoms with Crippen LogP contribution in [-0.2, 0) is 17.9 Å². The van der Waals surface area contributed by atoms with E-state index in [0.29, 0.717) is 32.0 Å². The van der Waals surface area contributed by atoms with Gasteiger partial charge in [-0.15, -0.1) is 11.3 Å². The van der Waals surface area contributed by atoms with E-state index in [4.69, 9.17) is 10.5 Å². The monoisotopic (exact) mass is 319 g/mol. The van der Waals surface area contributed by atoms with Gasteiger partial charge in [-0.3, -0.25) is 4.79 Å². The average Bonchev–Trinajstić information content (AvgIpc) is 3.03. The zero-order valence-electron chi connectivity index (χ0n) is 12.6. The number of ether oxygens (including phenoxy) is 1. The molecule has 0 spiro atoms. The topological polar surface area (TPSA) is 77.2 Å². The third-order valence-electron chi connectivity index (χ3n) is 3.08. The van der Waals surface area contributed by atoms with Crippen molar-refractivity contribution in [1.82, 2.24) is 10.3 Å². The molecular formula is C16H21N3O2S. The van der Waals surface area contributed by atoms with Gasteiger partial charge in [0.15, 0.2) is 0 Å². The number of nitrogens with zero attached hydrogens (tertiary/aromatic N) is 1. The van der Waals surface area contributed by atoms with Crippen LogP contribution >= 0.6 is 11.3 Å². The summed E-state index contributed by atoms with van der Waals surface area (Å²) in [4.78, 5) is 16.1. The zero-order valence-corrected chi connectivity index (χ0v) is 13.4. The lowest BCUT2D eigenvalue weighted by molar-refractivity contribution is 0.0841. The molecule has 0 aliphatic rings. The van der Waals surface area contributed by atoms with Gasteiger partial charge in [-0.05, 0) is 11.5 Å². The first kappa shape index (κ1) is 16.6. The van der Waals surface area contributed by atoms with E-state index in [1.54, 1.807) is 5.38 Å². The van der Waals surface area contributed by atoms with Gasteiger partial charge < -0.3 is 15.8 Å². The van der Waals surface area contributed by atoms with Crippen molar-refractivity contribution < 1.29 is 9.53 Å². The molecule has 0 fully saturated rings. The number of benzene rings is 1. The van der Waals surface area contributed by atoms with Gasteiger partial charge in [0, 0.05) is 18.5 Å². The molecule has 0 saturated carbocycles. The summed E-state index contributed by atoms with van der Waals surface area (Å²) in [6.45, 7) is 4.15. The summed E-state index contributed by atoms with van der Waals surface area (Å²) in [6.07, 6.45) is 0. The standard InChI is InChI=1S/C16H21N3O2S/c1-12(9-21-10-13-5-3-2-4-6-13)8-18-16(20)14-11-22-15(7-17)19-14/h2-6,11-12H,7-10,17H2,1H3,(H,18,20). The van der Waals surface area contributed by atoms with E-state index in [2.05, 4.69) is 10.3 Å². The molecule has 1 heterocycles. The van der Waals surface area contributed by atoms with Crippen LogP contribution in [0.4, 0.5) is 0 Å². The zero-order chi connectivity index (χ0) is 15.8. The molecule has 0 saturated heterocycles. The number of carbonyl (C=O) groups excluding carboxylic acids is 1. The highest BCUT2D eigenvalue weighted by Gasteiger charge is 2.11. The van der Waals surface area contributed by atoms with Crippen LogP contribution in [0.15, 0.2) is 35.7 Å². The second kappa shape index (κ2) is 8.63. The molecule has 1 aromatic heterocycles. The van der Waals surface area contributed by atoms with Gasteiger partial charge in [-0.1, -0.05) is 37.3 Å². The number of rotatable bonds is 8. The molecule has 1 unspecified atom stereocenters. The van der Waals surface area contributed by atoms with E-state index in [1.165, 1.54) is 11.3 Å². The lowest BCUT2D eigenvalue weighted by Gasteiger charge is -2.12. The quantitative estimate of drug-likeness (QED) is 0.782. The van der Waals surface area contributed by atoms with E-state index in [9.17, 15) is 4.79 Å². The number of thiazole rings is 1. The molecule has 0 aliphatic heterocycles. The summed E-state index contributed by atoms with van der Waals surface area (Å²) in [5, 5.41) is 5.37. The number of hydrogen-bond donors (Lipinski definition) is 2. The molecule has 3 N–H and O–H groups in total. The van der Waals surface area contributed by atoms with Gasteiger partial charge in [-0.25, -0.2) is 4.98 Å². The predicted molar refractivity (Wildman–Crippen MR) is 87.6 cm³/mol. The molecule has 0 radical (unpaired) electrons. The number of amides is 1. The minimum Gasteiger partial charge on any atom is -0.376 e. The summed E-state index contributed by atoms with van der Waals surface area (Å²) in [6, 6.07) is 10.0. The fraction of sp³-hybridized carbons (Fsp3) is 0.375. The molecule has 5 nitrogen and oxygen atoms in total. The van der Waals surface area contributed by atoms with E-state index < -0.39 is 0 Å². The first-order chi connectivity index (χ1) is 10.7. The van der Waals surface area contributed by atoms with Crippen LogP contribution in [0.1, 0.15) is 28.0 Å². The minimum atomic E-state index is -0.161. The third-order valence-corrected chi connectivity index (χ3v) is 3.96. The fourth-order valence-corrected chi connectivity index (χ4v) is 2.53.